The molecular formula is C30H27NO6. The Hall–Kier alpha value is -4.52. The third-order valence-electron chi connectivity index (χ3n) is 6.38. The van der Waals surface area contributed by atoms with Gasteiger partial charge in [-0.15, -0.1) is 0 Å². The Morgan fingerprint density at radius 3 is 2.57 bits per heavy atom. The highest BCUT2D eigenvalue weighted by molar-refractivity contribution is 6.46. The van der Waals surface area contributed by atoms with Gasteiger partial charge in [0.2, 0.25) is 0 Å². The first-order chi connectivity index (χ1) is 18.1. The lowest BCUT2D eigenvalue weighted by atomic mass is 9.95. The number of ketones is 1. The van der Waals surface area contributed by atoms with Crippen molar-refractivity contribution in [1.82, 2.24) is 4.90 Å². The highest BCUT2D eigenvalue weighted by atomic mass is 16.6. The number of carbonyl (C=O) groups is 2. The summed E-state index contributed by atoms with van der Waals surface area (Å²) in [6.07, 6.45) is 2.20. The molecule has 0 aromatic heterocycles. The zero-order chi connectivity index (χ0) is 25.8. The number of ether oxygens (including phenoxy) is 3. The lowest BCUT2D eigenvalue weighted by molar-refractivity contribution is -0.139. The minimum absolute atomic E-state index is 0.0237. The van der Waals surface area contributed by atoms with Crippen molar-refractivity contribution >= 4 is 17.4 Å². The number of carbonyl (C=O) groups excluding carboxylic acids is 2. The second-order valence-corrected chi connectivity index (χ2v) is 8.76. The summed E-state index contributed by atoms with van der Waals surface area (Å²) in [5.74, 6) is -0.0367. The van der Waals surface area contributed by atoms with Crippen LogP contribution >= 0.6 is 0 Å². The SMILES string of the molecule is C=CCOc1cccc(C2C(=C(O)c3ccc4c(c3)OCCO4)C(=O)C(=O)N2CCc2ccccc2)c1. The number of hydrogen-bond donors (Lipinski definition) is 1. The van der Waals surface area contributed by atoms with Crippen molar-refractivity contribution in [2.45, 2.75) is 12.5 Å². The average Bonchev–Trinajstić information content (AvgIpc) is 3.20. The van der Waals surface area contributed by atoms with Gasteiger partial charge in [-0.1, -0.05) is 55.1 Å². The molecule has 0 bridgehead atoms. The summed E-state index contributed by atoms with van der Waals surface area (Å²) in [5, 5.41) is 11.4. The summed E-state index contributed by atoms with van der Waals surface area (Å²) >= 11 is 0. The summed E-state index contributed by atoms with van der Waals surface area (Å²) in [6, 6.07) is 21.1. The molecule has 0 saturated carbocycles. The van der Waals surface area contributed by atoms with Crippen molar-refractivity contribution in [2.75, 3.05) is 26.4 Å². The third kappa shape index (κ3) is 4.93. The number of aliphatic hydroxyl groups excluding tert-OH is 1. The summed E-state index contributed by atoms with van der Waals surface area (Å²) in [6.45, 7) is 5.12. The molecule has 0 spiro atoms. The smallest absolute Gasteiger partial charge is 0.295 e. The Morgan fingerprint density at radius 1 is 1.00 bits per heavy atom. The van der Waals surface area contributed by atoms with Crippen LogP contribution < -0.4 is 14.2 Å². The summed E-state index contributed by atoms with van der Waals surface area (Å²) in [5.41, 5.74) is 2.09. The maximum Gasteiger partial charge on any atom is 0.295 e. The summed E-state index contributed by atoms with van der Waals surface area (Å²) < 4.78 is 16.9. The largest absolute Gasteiger partial charge is 0.507 e. The number of fused-ring (bicyclic) bond motifs is 1. The maximum absolute atomic E-state index is 13.4. The van der Waals surface area contributed by atoms with Crippen molar-refractivity contribution in [3.05, 3.63) is 108 Å². The van der Waals surface area contributed by atoms with Gasteiger partial charge in [-0.25, -0.2) is 0 Å². The molecule has 3 aromatic rings. The van der Waals surface area contributed by atoms with Gasteiger partial charge < -0.3 is 24.2 Å². The zero-order valence-electron chi connectivity index (χ0n) is 20.3. The van der Waals surface area contributed by atoms with Gasteiger partial charge in [-0.2, -0.15) is 0 Å². The number of hydrogen-bond acceptors (Lipinski definition) is 6. The van der Waals surface area contributed by atoms with Crippen LogP contribution in [0.1, 0.15) is 22.7 Å². The fourth-order valence-electron chi connectivity index (χ4n) is 4.63. The standard InChI is InChI=1S/C30H27NO6/c1-2-15-35-23-10-6-9-21(18-23)27-26(28(32)22-11-12-24-25(19-22)37-17-16-36-24)29(33)30(34)31(27)14-13-20-7-4-3-5-8-20/h2-12,18-19,27,32H,1,13-17H2. The molecule has 7 heteroatoms. The van der Waals surface area contributed by atoms with Gasteiger partial charge in [0.1, 0.15) is 31.3 Å². The molecule has 2 aliphatic rings. The molecule has 1 N–H and O–H groups in total. The average molecular weight is 498 g/mol. The monoisotopic (exact) mass is 497 g/mol. The van der Waals surface area contributed by atoms with E-state index in [4.69, 9.17) is 14.2 Å². The Bertz CT molecular complexity index is 1360. The first-order valence-corrected chi connectivity index (χ1v) is 12.1. The Morgan fingerprint density at radius 2 is 1.78 bits per heavy atom. The predicted molar refractivity (Wildman–Crippen MR) is 139 cm³/mol. The van der Waals surface area contributed by atoms with E-state index < -0.39 is 17.7 Å². The second kappa shape index (κ2) is 10.6. The van der Waals surface area contributed by atoms with Crippen molar-refractivity contribution in [3.63, 3.8) is 0 Å². The fourth-order valence-corrected chi connectivity index (χ4v) is 4.63. The fraction of sp³-hybridized carbons (Fsp3) is 0.200. The van der Waals surface area contributed by atoms with Gasteiger partial charge >= 0.3 is 0 Å². The van der Waals surface area contributed by atoms with E-state index in [1.165, 1.54) is 4.90 Å². The van der Waals surface area contributed by atoms with Gasteiger partial charge in [0.15, 0.2) is 11.5 Å². The summed E-state index contributed by atoms with van der Waals surface area (Å²) in [4.78, 5) is 28.2. The van der Waals surface area contributed by atoms with Crippen LogP contribution in [0.4, 0.5) is 0 Å². The minimum Gasteiger partial charge on any atom is -0.507 e. The lowest BCUT2D eigenvalue weighted by Crippen LogP contribution is -2.31. The van der Waals surface area contributed by atoms with Crippen LogP contribution in [0.2, 0.25) is 0 Å². The molecular weight excluding hydrogens is 470 g/mol. The maximum atomic E-state index is 13.4. The Labute approximate surface area is 215 Å². The molecule has 1 unspecified atom stereocenters. The van der Waals surface area contributed by atoms with Gasteiger partial charge in [0, 0.05) is 12.1 Å². The lowest BCUT2D eigenvalue weighted by Gasteiger charge is -2.26. The molecule has 1 amide bonds. The van der Waals surface area contributed by atoms with E-state index in [1.54, 1.807) is 42.5 Å². The highest BCUT2D eigenvalue weighted by Gasteiger charge is 2.46. The minimum atomic E-state index is -0.788. The van der Waals surface area contributed by atoms with Gasteiger partial charge in [-0.05, 0) is 47.9 Å². The molecule has 1 atom stereocenters. The zero-order valence-corrected chi connectivity index (χ0v) is 20.3. The second-order valence-electron chi connectivity index (χ2n) is 8.76. The Kier molecular flexibility index (Phi) is 6.94. The number of aliphatic hydroxyl groups is 1. The van der Waals surface area contributed by atoms with E-state index >= 15 is 0 Å². The van der Waals surface area contributed by atoms with E-state index in [1.807, 2.05) is 36.4 Å². The van der Waals surface area contributed by atoms with Crippen LogP contribution in [0.25, 0.3) is 5.76 Å². The van der Waals surface area contributed by atoms with E-state index in [9.17, 15) is 14.7 Å². The van der Waals surface area contributed by atoms with Crippen LogP contribution in [-0.2, 0) is 16.0 Å². The number of rotatable bonds is 8. The normalized spacial score (nSPS) is 18.1. The van der Waals surface area contributed by atoms with Crippen molar-refractivity contribution in [1.29, 1.82) is 0 Å². The predicted octanol–water partition coefficient (Wildman–Crippen LogP) is 4.69. The molecule has 5 rings (SSSR count). The third-order valence-corrected chi connectivity index (χ3v) is 6.38. The first-order valence-electron chi connectivity index (χ1n) is 12.1. The number of nitrogens with zero attached hydrogens (tertiary/aromatic N) is 1. The van der Waals surface area contributed by atoms with Crippen LogP contribution in [0.3, 0.4) is 0 Å². The molecule has 37 heavy (non-hydrogen) atoms. The molecule has 1 saturated heterocycles. The molecule has 1 fully saturated rings. The number of likely N-dealkylation sites (tertiary alicyclic amines) is 1. The number of benzene rings is 3. The van der Waals surface area contributed by atoms with E-state index in [0.29, 0.717) is 61.2 Å². The van der Waals surface area contributed by atoms with Crippen molar-refractivity contribution in [2.24, 2.45) is 0 Å². The topological polar surface area (TPSA) is 85.3 Å². The van der Waals surface area contributed by atoms with Crippen LogP contribution in [-0.4, -0.2) is 48.1 Å². The molecule has 188 valence electrons. The van der Waals surface area contributed by atoms with Crippen LogP contribution in [0, 0.1) is 0 Å². The van der Waals surface area contributed by atoms with Gasteiger partial charge in [-0.3, -0.25) is 9.59 Å². The molecule has 2 aliphatic heterocycles. The van der Waals surface area contributed by atoms with E-state index in [-0.39, 0.29) is 11.3 Å². The van der Waals surface area contributed by atoms with Crippen LogP contribution in [0.5, 0.6) is 17.2 Å². The van der Waals surface area contributed by atoms with E-state index in [0.717, 1.165) is 5.56 Å². The first kappa shape index (κ1) is 24.2. The quantitative estimate of drug-likeness (QED) is 0.210. The van der Waals surface area contributed by atoms with Crippen LogP contribution in [0.15, 0.2) is 91.0 Å². The number of Topliss-reactive ketones (excluding diaryl/α,β-unsaturated/α-hetero) is 1. The van der Waals surface area contributed by atoms with Gasteiger partial charge in [0.05, 0.1) is 11.6 Å². The molecule has 0 aliphatic carbocycles. The van der Waals surface area contributed by atoms with Crippen molar-refractivity contribution in [3.8, 4) is 17.2 Å². The van der Waals surface area contributed by atoms with Crippen molar-refractivity contribution < 1.29 is 28.9 Å². The molecule has 0 radical (unpaired) electrons. The Balaban J connectivity index is 1.57. The van der Waals surface area contributed by atoms with E-state index in [2.05, 4.69) is 6.58 Å². The number of amides is 1. The molecule has 2 heterocycles. The molecule has 7 nitrogen and oxygen atoms in total. The highest BCUT2D eigenvalue weighted by Crippen LogP contribution is 2.41. The summed E-state index contributed by atoms with van der Waals surface area (Å²) in [7, 11) is 0. The molecule has 3 aromatic carbocycles. The van der Waals surface area contributed by atoms with Gasteiger partial charge in [0.25, 0.3) is 11.7 Å².